The largest absolute Gasteiger partial charge is 0.412 e. The molecular formula is C13H13F4NO. The Hall–Kier alpha value is -1.59. The van der Waals surface area contributed by atoms with E-state index in [4.69, 9.17) is 0 Å². The number of carbonyl (C=O) groups is 1. The van der Waals surface area contributed by atoms with Crippen LogP contribution in [0.3, 0.4) is 0 Å². The van der Waals surface area contributed by atoms with E-state index in [1.165, 1.54) is 0 Å². The van der Waals surface area contributed by atoms with Crippen molar-refractivity contribution in [3.05, 3.63) is 35.6 Å². The molecule has 2 nitrogen and oxygen atoms in total. The third-order valence-corrected chi connectivity index (χ3v) is 3.29. The van der Waals surface area contributed by atoms with Gasteiger partial charge in [0.25, 0.3) is 0 Å². The summed E-state index contributed by atoms with van der Waals surface area (Å²) in [6, 6.07) is 1.89. The number of alkyl halides is 3. The van der Waals surface area contributed by atoms with E-state index in [0.29, 0.717) is 12.8 Å². The summed E-state index contributed by atoms with van der Waals surface area (Å²) in [5.74, 6) is -1.53. The summed E-state index contributed by atoms with van der Waals surface area (Å²) in [5, 5.41) is 2.01. The minimum absolute atomic E-state index is 0.165. The summed E-state index contributed by atoms with van der Waals surface area (Å²) in [6.07, 6.45) is -2.48. The maximum atomic E-state index is 12.9. The molecule has 1 fully saturated rings. The maximum Gasteiger partial charge on any atom is 0.412 e. The standard InChI is InChI=1S/C13H13F4NO/c14-10-6-4-8(5-7-10)11(13(15,16)17)18-12(19)9-2-1-3-9/h4-7,9,11H,1-3H2,(H,18,19)/t11-/m1/s1. The highest BCUT2D eigenvalue weighted by Gasteiger charge is 2.43. The van der Waals surface area contributed by atoms with Crippen molar-refractivity contribution in [3.8, 4) is 0 Å². The van der Waals surface area contributed by atoms with Crippen LogP contribution in [0.25, 0.3) is 0 Å². The van der Waals surface area contributed by atoms with Gasteiger partial charge in [-0.15, -0.1) is 0 Å². The van der Waals surface area contributed by atoms with Gasteiger partial charge in [-0.2, -0.15) is 13.2 Å². The Morgan fingerprint density at radius 1 is 1.21 bits per heavy atom. The monoisotopic (exact) mass is 275 g/mol. The van der Waals surface area contributed by atoms with Crippen LogP contribution >= 0.6 is 0 Å². The maximum absolute atomic E-state index is 12.9. The highest BCUT2D eigenvalue weighted by molar-refractivity contribution is 5.79. The number of hydrogen-bond donors (Lipinski definition) is 1. The third kappa shape index (κ3) is 3.24. The van der Waals surface area contributed by atoms with Crippen molar-refractivity contribution >= 4 is 5.91 Å². The van der Waals surface area contributed by atoms with E-state index < -0.39 is 23.9 Å². The fraction of sp³-hybridized carbons (Fsp3) is 0.462. The predicted molar refractivity (Wildman–Crippen MR) is 60.7 cm³/mol. The molecule has 1 aliphatic carbocycles. The molecule has 1 atom stereocenters. The van der Waals surface area contributed by atoms with Crippen molar-refractivity contribution in [2.45, 2.75) is 31.5 Å². The zero-order chi connectivity index (χ0) is 14.0. The number of nitrogens with one attached hydrogen (secondary N) is 1. The average molecular weight is 275 g/mol. The van der Waals surface area contributed by atoms with Crippen LogP contribution in [0.1, 0.15) is 30.9 Å². The molecular weight excluding hydrogens is 262 g/mol. The van der Waals surface area contributed by atoms with Gasteiger partial charge in [0.15, 0.2) is 6.04 Å². The van der Waals surface area contributed by atoms with Crippen LogP contribution in [0.5, 0.6) is 0 Å². The molecule has 104 valence electrons. The number of hydrogen-bond acceptors (Lipinski definition) is 1. The topological polar surface area (TPSA) is 29.1 Å². The molecule has 1 aliphatic rings. The molecule has 1 N–H and O–H groups in total. The molecule has 1 amide bonds. The Balaban J connectivity index is 2.16. The van der Waals surface area contributed by atoms with Crippen molar-refractivity contribution in [2.24, 2.45) is 5.92 Å². The van der Waals surface area contributed by atoms with Crippen LogP contribution in [0.15, 0.2) is 24.3 Å². The minimum atomic E-state index is -4.60. The van der Waals surface area contributed by atoms with Crippen molar-refractivity contribution in [3.63, 3.8) is 0 Å². The van der Waals surface area contributed by atoms with Crippen molar-refractivity contribution in [1.82, 2.24) is 5.32 Å². The third-order valence-electron chi connectivity index (χ3n) is 3.29. The molecule has 0 aliphatic heterocycles. The Morgan fingerprint density at radius 2 is 1.79 bits per heavy atom. The molecule has 0 radical (unpaired) electrons. The van der Waals surface area contributed by atoms with Crippen molar-refractivity contribution in [1.29, 1.82) is 0 Å². The second-order valence-electron chi connectivity index (χ2n) is 4.66. The summed E-state index contributed by atoms with van der Waals surface area (Å²) < 4.78 is 51.6. The van der Waals surface area contributed by atoms with E-state index >= 15 is 0 Å². The smallest absolute Gasteiger partial charge is 0.341 e. The lowest BCUT2D eigenvalue weighted by Gasteiger charge is -2.28. The molecule has 0 spiro atoms. The quantitative estimate of drug-likeness (QED) is 0.842. The van der Waals surface area contributed by atoms with E-state index in [1.54, 1.807) is 0 Å². The van der Waals surface area contributed by atoms with Gasteiger partial charge in [0.1, 0.15) is 5.82 Å². The Morgan fingerprint density at radius 3 is 2.21 bits per heavy atom. The lowest BCUT2D eigenvalue weighted by atomic mass is 9.84. The molecule has 0 bridgehead atoms. The molecule has 1 aromatic carbocycles. The number of halogens is 4. The van der Waals surface area contributed by atoms with Crippen LogP contribution in [-0.4, -0.2) is 12.1 Å². The zero-order valence-electron chi connectivity index (χ0n) is 10.0. The Kier molecular flexibility index (Phi) is 3.78. The molecule has 1 aromatic rings. The lowest BCUT2D eigenvalue weighted by Crippen LogP contribution is -2.42. The second-order valence-corrected chi connectivity index (χ2v) is 4.66. The number of carbonyl (C=O) groups excluding carboxylic acids is 1. The number of benzene rings is 1. The van der Waals surface area contributed by atoms with Gasteiger partial charge >= 0.3 is 6.18 Å². The number of amides is 1. The fourth-order valence-corrected chi connectivity index (χ4v) is 1.94. The van der Waals surface area contributed by atoms with Gasteiger partial charge in [-0.1, -0.05) is 18.6 Å². The minimum Gasteiger partial charge on any atom is -0.341 e. The van der Waals surface area contributed by atoms with Crippen molar-refractivity contribution < 1.29 is 22.4 Å². The zero-order valence-corrected chi connectivity index (χ0v) is 10.0. The van der Waals surface area contributed by atoms with Gasteiger partial charge in [-0.25, -0.2) is 4.39 Å². The van der Waals surface area contributed by atoms with Crippen LogP contribution in [0.2, 0.25) is 0 Å². The van der Waals surface area contributed by atoms with E-state index in [-0.39, 0.29) is 11.5 Å². The van der Waals surface area contributed by atoms with Crippen LogP contribution in [0.4, 0.5) is 17.6 Å². The summed E-state index contributed by atoms with van der Waals surface area (Å²) in [4.78, 5) is 11.6. The first kappa shape index (κ1) is 13.8. The summed E-state index contributed by atoms with van der Waals surface area (Å²) in [6.45, 7) is 0. The number of rotatable bonds is 3. The molecule has 1 saturated carbocycles. The van der Waals surface area contributed by atoms with Gasteiger partial charge in [0, 0.05) is 5.92 Å². The molecule has 19 heavy (non-hydrogen) atoms. The first-order valence-corrected chi connectivity index (χ1v) is 6.00. The van der Waals surface area contributed by atoms with Gasteiger partial charge < -0.3 is 5.32 Å². The molecule has 0 unspecified atom stereocenters. The summed E-state index contributed by atoms with van der Waals surface area (Å²) in [5.41, 5.74) is -0.165. The summed E-state index contributed by atoms with van der Waals surface area (Å²) in [7, 11) is 0. The summed E-state index contributed by atoms with van der Waals surface area (Å²) >= 11 is 0. The van der Waals surface area contributed by atoms with E-state index in [2.05, 4.69) is 0 Å². The second kappa shape index (κ2) is 5.19. The van der Waals surface area contributed by atoms with E-state index in [0.717, 1.165) is 30.7 Å². The van der Waals surface area contributed by atoms with Gasteiger partial charge in [-0.05, 0) is 30.5 Å². The highest BCUT2D eigenvalue weighted by atomic mass is 19.4. The van der Waals surface area contributed by atoms with Gasteiger partial charge in [0.05, 0.1) is 0 Å². The fourth-order valence-electron chi connectivity index (χ4n) is 1.94. The Bertz CT molecular complexity index is 451. The first-order chi connectivity index (χ1) is 8.88. The normalized spacial score (nSPS) is 17.7. The van der Waals surface area contributed by atoms with Gasteiger partial charge in [-0.3, -0.25) is 4.79 Å². The first-order valence-electron chi connectivity index (χ1n) is 6.00. The molecule has 0 heterocycles. The average Bonchev–Trinajstić information content (AvgIpc) is 2.23. The van der Waals surface area contributed by atoms with Crippen molar-refractivity contribution in [2.75, 3.05) is 0 Å². The Labute approximate surface area is 107 Å². The SMILES string of the molecule is O=C(N[C@H](c1ccc(F)cc1)C(F)(F)F)C1CCC1. The van der Waals surface area contributed by atoms with Crippen LogP contribution in [0, 0.1) is 11.7 Å². The van der Waals surface area contributed by atoms with Crippen LogP contribution < -0.4 is 5.32 Å². The molecule has 2 rings (SSSR count). The predicted octanol–water partition coefficient (Wildman–Crippen LogP) is 3.35. The van der Waals surface area contributed by atoms with Gasteiger partial charge in [0.2, 0.25) is 5.91 Å². The van der Waals surface area contributed by atoms with E-state index in [1.807, 2.05) is 5.32 Å². The lowest BCUT2D eigenvalue weighted by molar-refractivity contribution is -0.165. The molecule has 0 saturated heterocycles. The van der Waals surface area contributed by atoms with Crippen LogP contribution in [-0.2, 0) is 4.79 Å². The molecule has 0 aromatic heterocycles. The highest BCUT2D eigenvalue weighted by Crippen LogP contribution is 2.34. The molecule has 6 heteroatoms. The van der Waals surface area contributed by atoms with E-state index in [9.17, 15) is 22.4 Å².